The van der Waals surface area contributed by atoms with Crippen LogP contribution >= 0.6 is 0 Å². The van der Waals surface area contributed by atoms with E-state index in [0.29, 0.717) is 18.0 Å². The van der Waals surface area contributed by atoms with Crippen LogP contribution in [0.3, 0.4) is 0 Å². The smallest absolute Gasteiger partial charge is 0.222 e. The van der Waals surface area contributed by atoms with E-state index in [-0.39, 0.29) is 0 Å². The van der Waals surface area contributed by atoms with E-state index >= 15 is 0 Å². The number of rotatable bonds is 7. The van der Waals surface area contributed by atoms with Crippen LogP contribution in [-0.2, 0) is 4.79 Å². The molecule has 0 aromatic heterocycles. The van der Waals surface area contributed by atoms with Gasteiger partial charge >= 0.3 is 0 Å². The lowest BCUT2D eigenvalue weighted by Crippen LogP contribution is -2.57. The van der Waals surface area contributed by atoms with E-state index in [2.05, 4.69) is 31.0 Å². The number of nitrogens with one attached hydrogen (secondary N) is 1. The van der Waals surface area contributed by atoms with Crippen LogP contribution in [0.5, 0.6) is 0 Å². The molecular weight excluding hydrogens is 224 g/mol. The molecule has 1 amide bonds. The third-order valence-electron chi connectivity index (χ3n) is 4.03. The molecule has 0 aliphatic carbocycles. The van der Waals surface area contributed by atoms with Crippen molar-refractivity contribution in [2.75, 3.05) is 13.1 Å². The van der Waals surface area contributed by atoms with Crippen molar-refractivity contribution in [2.45, 2.75) is 77.8 Å². The molecule has 0 saturated carbocycles. The van der Waals surface area contributed by atoms with E-state index in [4.69, 9.17) is 0 Å². The first kappa shape index (κ1) is 15.5. The van der Waals surface area contributed by atoms with Gasteiger partial charge in [-0.25, -0.2) is 0 Å². The predicted octanol–water partition coefficient (Wildman–Crippen LogP) is 2.95. The average Bonchev–Trinajstić information content (AvgIpc) is 2.42. The first-order chi connectivity index (χ1) is 8.72. The van der Waals surface area contributed by atoms with Gasteiger partial charge in [0.05, 0.1) is 0 Å². The van der Waals surface area contributed by atoms with Crippen LogP contribution in [0.25, 0.3) is 0 Å². The van der Waals surface area contributed by atoms with E-state index in [1.54, 1.807) is 0 Å². The fraction of sp³-hybridized carbons (Fsp3) is 0.933. The van der Waals surface area contributed by atoms with Gasteiger partial charge in [0.15, 0.2) is 0 Å². The topological polar surface area (TPSA) is 32.3 Å². The molecule has 1 heterocycles. The van der Waals surface area contributed by atoms with Crippen molar-refractivity contribution in [3.8, 4) is 0 Å². The maximum atomic E-state index is 12.3. The van der Waals surface area contributed by atoms with Crippen LogP contribution < -0.4 is 5.32 Å². The number of carbonyl (C=O) groups is 1. The van der Waals surface area contributed by atoms with Gasteiger partial charge in [-0.2, -0.15) is 0 Å². The third-order valence-corrected chi connectivity index (χ3v) is 4.03. The van der Waals surface area contributed by atoms with Crippen LogP contribution in [0.1, 0.15) is 65.7 Å². The number of hydrogen-bond acceptors (Lipinski definition) is 2. The number of piperazine rings is 1. The second-order valence-corrected chi connectivity index (χ2v) is 5.43. The van der Waals surface area contributed by atoms with E-state index in [1.807, 2.05) is 0 Å². The summed E-state index contributed by atoms with van der Waals surface area (Å²) < 4.78 is 0. The Morgan fingerprint density at radius 1 is 1.17 bits per heavy atom. The Balaban J connectivity index is 2.40. The molecule has 1 aliphatic rings. The Morgan fingerprint density at radius 3 is 2.56 bits per heavy atom. The number of unbranched alkanes of at least 4 members (excludes halogenated alkanes) is 3. The number of amides is 1. The number of nitrogens with zero attached hydrogens (tertiary/aromatic N) is 1. The van der Waals surface area contributed by atoms with Gasteiger partial charge in [-0.1, -0.05) is 40.0 Å². The summed E-state index contributed by atoms with van der Waals surface area (Å²) in [7, 11) is 0. The van der Waals surface area contributed by atoms with Crippen molar-refractivity contribution < 1.29 is 4.79 Å². The van der Waals surface area contributed by atoms with Crippen LogP contribution in [0.2, 0.25) is 0 Å². The zero-order valence-corrected chi connectivity index (χ0v) is 12.4. The lowest BCUT2D eigenvalue weighted by atomic mass is 10.0. The van der Waals surface area contributed by atoms with Gasteiger partial charge in [0, 0.05) is 31.6 Å². The van der Waals surface area contributed by atoms with Gasteiger partial charge < -0.3 is 10.2 Å². The highest BCUT2D eigenvalue weighted by atomic mass is 16.2. The van der Waals surface area contributed by atoms with Gasteiger partial charge in [0.2, 0.25) is 5.91 Å². The molecule has 2 atom stereocenters. The summed E-state index contributed by atoms with van der Waals surface area (Å²) in [6, 6.07) is 0.902. The number of carbonyl (C=O) groups excluding carboxylic acids is 1. The van der Waals surface area contributed by atoms with E-state index < -0.39 is 0 Å². The van der Waals surface area contributed by atoms with Crippen molar-refractivity contribution in [3.05, 3.63) is 0 Å². The highest BCUT2D eigenvalue weighted by Crippen LogP contribution is 2.15. The van der Waals surface area contributed by atoms with Crippen molar-refractivity contribution >= 4 is 5.91 Å². The maximum absolute atomic E-state index is 12.3. The van der Waals surface area contributed by atoms with Gasteiger partial charge in [-0.3, -0.25) is 4.79 Å². The summed E-state index contributed by atoms with van der Waals surface area (Å²) in [5.41, 5.74) is 0. The Bertz CT molecular complexity index is 243. The Morgan fingerprint density at radius 2 is 1.94 bits per heavy atom. The fourth-order valence-electron chi connectivity index (χ4n) is 2.65. The lowest BCUT2D eigenvalue weighted by molar-refractivity contribution is -0.135. The quantitative estimate of drug-likeness (QED) is 0.708. The molecule has 1 rings (SSSR count). The van der Waals surface area contributed by atoms with Crippen LogP contribution in [0, 0.1) is 0 Å². The molecule has 2 unspecified atom stereocenters. The largest absolute Gasteiger partial charge is 0.337 e. The molecule has 0 aromatic rings. The van der Waals surface area contributed by atoms with Crippen LogP contribution in [0.4, 0.5) is 0 Å². The Labute approximate surface area is 112 Å². The predicted molar refractivity (Wildman–Crippen MR) is 76.6 cm³/mol. The van der Waals surface area contributed by atoms with Gasteiger partial charge in [0.25, 0.3) is 0 Å². The molecule has 0 bridgehead atoms. The minimum atomic E-state index is 0.373. The van der Waals surface area contributed by atoms with Gasteiger partial charge in [-0.05, 0) is 19.3 Å². The van der Waals surface area contributed by atoms with E-state index in [0.717, 1.165) is 38.8 Å². The minimum absolute atomic E-state index is 0.373. The third kappa shape index (κ3) is 4.60. The molecule has 0 aromatic carbocycles. The van der Waals surface area contributed by atoms with Crippen molar-refractivity contribution in [2.24, 2.45) is 0 Å². The summed E-state index contributed by atoms with van der Waals surface area (Å²) in [5.74, 6) is 0.373. The lowest BCUT2D eigenvalue weighted by Gasteiger charge is -2.40. The zero-order chi connectivity index (χ0) is 13.4. The number of hydrogen-bond donors (Lipinski definition) is 1. The Hall–Kier alpha value is -0.570. The summed E-state index contributed by atoms with van der Waals surface area (Å²) in [4.78, 5) is 14.4. The molecule has 1 N–H and O–H groups in total. The van der Waals surface area contributed by atoms with Crippen molar-refractivity contribution in [1.82, 2.24) is 10.2 Å². The minimum Gasteiger partial charge on any atom is -0.337 e. The first-order valence-corrected chi connectivity index (χ1v) is 7.75. The van der Waals surface area contributed by atoms with E-state index in [9.17, 15) is 4.79 Å². The monoisotopic (exact) mass is 254 g/mol. The molecule has 1 saturated heterocycles. The molecular formula is C15H30N2O. The SMILES string of the molecule is CCCCCCC(=O)N1CC(CC)NCC1CC. The van der Waals surface area contributed by atoms with Crippen LogP contribution in [-0.4, -0.2) is 36.0 Å². The maximum Gasteiger partial charge on any atom is 0.222 e. The molecule has 0 radical (unpaired) electrons. The molecule has 1 aliphatic heterocycles. The average molecular weight is 254 g/mol. The van der Waals surface area contributed by atoms with Gasteiger partial charge in [-0.15, -0.1) is 0 Å². The standard InChI is InChI=1S/C15H30N2O/c1-4-7-8-9-10-15(18)17-12-13(5-2)16-11-14(17)6-3/h13-14,16H,4-12H2,1-3H3. The normalized spacial score (nSPS) is 24.3. The summed E-state index contributed by atoms with van der Waals surface area (Å²) in [6.45, 7) is 8.44. The molecule has 3 nitrogen and oxygen atoms in total. The molecule has 0 spiro atoms. The van der Waals surface area contributed by atoms with E-state index in [1.165, 1.54) is 19.3 Å². The second kappa shape index (κ2) is 8.52. The van der Waals surface area contributed by atoms with Crippen molar-refractivity contribution in [3.63, 3.8) is 0 Å². The Kier molecular flexibility index (Phi) is 7.33. The second-order valence-electron chi connectivity index (χ2n) is 5.43. The highest BCUT2D eigenvalue weighted by Gasteiger charge is 2.28. The van der Waals surface area contributed by atoms with Crippen LogP contribution in [0.15, 0.2) is 0 Å². The zero-order valence-electron chi connectivity index (χ0n) is 12.4. The highest BCUT2D eigenvalue weighted by molar-refractivity contribution is 5.76. The van der Waals surface area contributed by atoms with Crippen molar-refractivity contribution in [1.29, 1.82) is 0 Å². The summed E-state index contributed by atoms with van der Waals surface area (Å²) in [6.07, 6.45) is 7.65. The molecule has 3 heteroatoms. The first-order valence-electron chi connectivity index (χ1n) is 7.75. The fourth-order valence-corrected chi connectivity index (χ4v) is 2.65. The summed E-state index contributed by atoms with van der Waals surface area (Å²) >= 11 is 0. The molecule has 18 heavy (non-hydrogen) atoms. The molecule has 106 valence electrons. The summed E-state index contributed by atoms with van der Waals surface area (Å²) in [5, 5.41) is 3.54. The molecule has 1 fully saturated rings. The van der Waals surface area contributed by atoms with Gasteiger partial charge in [0.1, 0.15) is 0 Å².